The largest absolute Gasteiger partial charge is 0.480 e. The Hall–Kier alpha value is -2.52. The highest BCUT2D eigenvalue weighted by molar-refractivity contribution is 8.76. The Bertz CT molecular complexity index is 897. The first-order valence-electron chi connectivity index (χ1n) is 12.1. The van der Waals surface area contributed by atoms with Crippen LogP contribution in [0.3, 0.4) is 0 Å². The topological polar surface area (TPSA) is 217 Å². The van der Waals surface area contributed by atoms with Crippen LogP contribution in [0.25, 0.3) is 0 Å². The van der Waals surface area contributed by atoms with Crippen LogP contribution < -0.4 is 27.0 Å². The van der Waals surface area contributed by atoms with Gasteiger partial charge in [0, 0.05) is 17.8 Å². The summed E-state index contributed by atoms with van der Waals surface area (Å²) in [4.78, 5) is 71.0. The molecule has 13 nitrogen and oxygen atoms in total. The van der Waals surface area contributed by atoms with E-state index in [1.807, 2.05) is 0 Å². The molecule has 206 valence electrons. The summed E-state index contributed by atoms with van der Waals surface area (Å²) in [6, 6.07) is -3.40. The molecular weight excluding hydrogens is 526 g/mol. The zero-order chi connectivity index (χ0) is 27.2. The molecule has 4 bridgehead atoms. The van der Waals surface area contributed by atoms with Gasteiger partial charge in [-0.3, -0.25) is 24.0 Å². The summed E-state index contributed by atoms with van der Waals surface area (Å²) in [7, 11) is 2.10. The third kappa shape index (κ3) is 8.50. The van der Waals surface area contributed by atoms with Gasteiger partial charge < -0.3 is 37.2 Å². The van der Waals surface area contributed by atoms with Crippen LogP contribution in [0, 0.1) is 17.8 Å². The maximum Gasteiger partial charge on any atom is 0.322 e. The molecule has 15 heteroatoms. The van der Waals surface area contributed by atoms with Gasteiger partial charge in [-0.05, 0) is 56.3 Å². The molecule has 0 aromatic heterocycles. The number of nitrogens with one attached hydrogen (secondary N) is 4. The van der Waals surface area contributed by atoms with Crippen LogP contribution in [-0.2, 0) is 24.0 Å². The highest BCUT2D eigenvalue weighted by atomic mass is 33.1. The number of hydrogen-bond donors (Lipinski definition) is 7. The van der Waals surface area contributed by atoms with E-state index in [1.54, 1.807) is 0 Å². The number of carboxylic acid groups (broad SMARTS) is 2. The van der Waals surface area contributed by atoms with Crippen molar-refractivity contribution in [2.45, 2.75) is 56.1 Å². The number of urea groups is 1. The average molecular weight is 560 g/mol. The van der Waals surface area contributed by atoms with E-state index in [2.05, 4.69) is 21.3 Å². The number of nitrogens with two attached hydrogens (primary N) is 1. The van der Waals surface area contributed by atoms with Gasteiger partial charge in [0.25, 0.3) is 5.91 Å². The second-order valence-corrected chi connectivity index (χ2v) is 12.6. The maximum atomic E-state index is 12.6. The molecule has 0 saturated heterocycles. The highest BCUT2D eigenvalue weighted by Crippen LogP contribution is 2.55. The monoisotopic (exact) mass is 559 g/mol. The van der Waals surface area contributed by atoms with Crippen LogP contribution in [0.2, 0.25) is 0 Å². The molecule has 4 aliphatic rings. The van der Waals surface area contributed by atoms with Crippen molar-refractivity contribution in [3.63, 3.8) is 0 Å². The van der Waals surface area contributed by atoms with Crippen LogP contribution in [-0.4, -0.2) is 88.0 Å². The van der Waals surface area contributed by atoms with E-state index in [-0.39, 0.29) is 23.6 Å². The van der Waals surface area contributed by atoms with E-state index in [4.69, 9.17) is 15.9 Å². The van der Waals surface area contributed by atoms with Gasteiger partial charge in [-0.25, -0.2) is 4.79 Å². The molecule has 0 spiro atoms. The van der Waals surface area contributed by atoms with E-state index in [0.29, 0.717) is 17.8 Å². The van der Waals surface area contributed by atoms with Crippen molar-refractivity contribution < 1.29 is 39.0 Å². The van der Waals surface area contributed by atoms with Crippen LogP contribution in [0.15, 0.2) is 0 Å². The fourth-order valence-electron chi connectivity index (χ4n) is 5.82. The maximum absolute atomic E-state index is 12.6. The number of ketones is 1. The SMILES string of the molecule is N[C@@H](CNC(=O)N[C@@H](CSSCC(=O)C(=O)NC12CC3CC(CC(C3)C1)C2)C(=O)NCC(=O)O)C(=O)O. The predicted molar refractivity (Wildman–Crippen MR) is 136 cm³/mol. The summed E-state index contributed by atoms with van der Waals surface area (Å²) in [5, 5.41) is 27.3. The zero-order valence-electron chi connectivity index (χ0n) is 20.2. The molecule has 0 unspecified atom stereocenters. The summed E-state index contributed by atoms with van der Waals surface area (Å²) in [6.45, 7) is -1.05. The van der Waals surface area contributed by atoms with Crippen LogP contribution in [0.4, 0.5) is 4.79 Å². The number of rotatable bonds is 14. The van der Waals surface area contributed by atoms with Crippen molar-refractivity contribution in [1.82, 2.24) is 21.3 Å². The van der Waals surface area contributed by atoms with Crippen LogP contribution in [0.5, 0.6) is 0 Å². The second-order valence-electron chi connectivity index (χ2n) is 10.1. The van der Waals surface area contributed by atoms with E-state index < -0.39 is 54.2 Å². The van der Waals surface area contributed by atoms with Crippen LogP contribution in [0.1, 0.15) is 38.5 Å². The van der Waals surface area contributed by atoms with Gasteiger partial charge in [-0.1, -0.05) is 21.6 Å². The van der Waals surface area contributed by atoms with Crippen molar-refractivity contribution in [2.75, 3.05) is 24.6 Å². The Morgan fingerprint density at radius 3 is 2.05 bits per heavy atom. The van der Waals surface area contributed by atoms with Gasteiger partial charge in [-0.15, -0.1) is 0 Å². The molecule has 37 heavy (non-hydrogen) atoms. The summed E-state index contributed by atoms with van der Waals surface area (Å²) >= 11 is 0. The molecule has 4 rings (SSSR count). The number of amides is 4. The number of carboxylic acids is 2. The van der Waals surface area contributed by atoms with E-state index in [0.717, 1.165) is 40.9 Å². The summed E-state index contributed by atoms with van der Waals surface area (Å²) in [6.07, 6.45) is 6.44. The van der Waals surface area contributed by atoms with Gasteiger partial charge in [0.1, 0.15) is 18.6 Å². The molecule has 4 amide bonds. The van der Waals surface area contributed by atoms with Crippen molar-refractivity contribution in [3.05, 3.63) is 0 Å². The van der Waals surface area contributed by atoms with Crippen LogP contribution >= 0.6 is 21.6 Å². The molecule has 4 fully saturated rings. The summed E-state index contributed by atoms with van der Waals surface area (Å²) < 4.78 is 0. The molecule has 4 saturated carbocycles. The van der Waals surface area contributed by atoms with Gasteiger partial charge in [0.2, 0.25) is 11.7 Å². The van der Waals surface area contributed by atoms with Crippen molar-refractivity contribution in [1.29, 1.82) is 0 Å². The molecule has 2 atom stereocenters. The van der Waals surface area contributed by atoms with Gasteiger partial charge in [0.05, 0.1) is 5.75 Å². The Morgan fingerprint density at radius 1 is 0.919 bits per heavy atom. The molecule has 0 radical (unpaired) electrons. The van der Waals surface area contributed by atoms with Crippen molar-refractivity contribution in [3.8, 4) is 0 Å². The Morgan fingerprint density at radius 2 is 1.51 bits per heavy atom. The number of hydrogen-bond acceptors (Lipinski definition) is 9. The van der Waals surface area contributed by atoms with E-state index in [1.165, 1.54) is 19.3 Å². The minimum Gasteiger partial charge on any atom is -0.480 e. The Balaban J connectivity index is 1.44. The number of carbonyl (C=O) groups is 6. The quantitative estimate of drug-likeness (QED) is 0.0802. The van der Waals surface area contributed by atoms with Gasteiger partial charge in [-0.2, -0.15) is 0 Å². The third-order valence-electron chi connectivity index (χ3n) is 7.01. The first-order chi connectivity index (χ1) is 17.5. The van der Waals surface area contributed by atoms with Gasteiger partial charge in [0.15, 0.2) is 0 Å². The molecule has 0 heterocycles. The lowest BCUT2D eigenvalue weighted by molar-refractivity contribution is -0.140. The highest BCUT2D eigenvalue weighted by Gasteiger charge is 2.51. The minimum atomic E-state index is -1.34. The van der Waals surface area contributed by atoms with Crippen molar-refractivity contribution in [2.24, 2.45) is 23.5 Å². The smallest absolute Gasteiger partial charge is 0.322 e. The minimum absolute atomic E-state index is 0.0433. The second kappa shape index (κ2) is 12.8. The molecule has 4 aliphatic carbocycles. The first-order valence-corrected chi connectivity index (χ1v) is 14.6. The lowest BCUT2D eigenvalue weighted by Crippen LogP contribution is -2.61. The zero-order valence-corrected chi connectivity index (χ0v) is 21.8. The van der Waals surface area contributed by atoms with Crippen molar-refractivity contribution >= 4 is 57.2 Å². The number of aliphatic carboxylic acids is 2. The average Bonchev–Trinajstić information content (AvgIpc) is 2.81. The fraction of sp³-hybridized carbons (Fsp3) is 0.727. The van der Waals surface area contributed by atoms with Gasteiger partial charge >= 0.3 is 18.0 Å². The lowest BCUT2D eigenvalue weighted by Gasteiger charge is -2.56. The fourth-order valence-corrected chi connectivity index (χ4v) is 7.88. The molecule has 8 N–H and O–H groups in total. The molecule has 0 aliphatic heterocycles. The number of carbonyl (C=O) groups excluding carboxylic acids is 4. The Kier molecular flexibility index (Phi) is 10.1. The lowest BCUT2D eigenvalue weighted by atomic mass is 9.53. The number of Topliss-reactive ketones (excluding diaryl/α,β-unsaturated/α-hetero) is 1. The van der Waals surface area contributed by atoms with E-state index in [9.17, 15) is 28.8 Å². The first kappa shape index (κ1) is 29.0. The molecule has 0 aromatic carbocycles. The Labute approximate surface area is 221 Å². The predicted octanol–water partition coefficient (Wildman–Crippen LogP) is -0.698. The summed E-state index contributed by atoms with van der Waals surface area (Å²) in [5.74, 6) is -2.85. The third-order valence-corrected chi connectivity index (χ3v) is 9.29. The molecular formula is C22H33N5O8S2. The standard InChI is InChI=1S/C22H33N5O8S2/c23-14(20(33)34)7-25-21(35)26-15(18(31)24-8-17(29)30)9-36-37-10-16(28)19(32)27-22-4-11-1-12(5-22)3-13(2-11)6-22/h11-15H,1-10,23H2,(H,24,31)(H,27,32)(H,29,30)(H,33,34)(H2,25,26,35)/t11?,12?,13?,14-,15-,22?/m0/s1. The van der Waals surface area contributed by atoms with E-state index >= 15 is 0 Å². The summed E-state index contributed by atoms with van der Waals surface area (Å²) in [5.41, 5.74) is 5.05. The molecule has 0 aromatic rings. The normalized spacial score (nSPS) is 27.0.